The van der Waals surface area contributed by atoms with Crippen molar-refractivity contribution in [1.82, 2.24) is 15.1 Å². The van der Waals surface area contributed by atoms with Crippen molar-refractivity contribution >= 4 is 11.3 Å². The molecule has 0 fully saturated rings. The zero-order chi connectivity index (χ0) is 14.5. The molecule has 2 aromatic heterocycles. The van der Waals surface area contributed by atoms with Crippen LogP contribution in [0.3, 0.4) is 0 Å². The van der Waals surface area contributed by atoms with Gasteiger partial charge in [-0.25, -0.2) is 0 Å². The predicted octanol–water partition coefficient (Wildman–Crippen LogP) is 2.95. The van der Waals surface area contributed by atoms with Gasteiger partial charge in [0.25, 0.3) is 0 Å². The average molecular weight is 293 g/mol. The maximum atomic E-state index is 5.28. The highest BCUT2D eigenvalue weighted by atomic mass is 32.1. The number of methoxy groups -OCH3 is 1. The Hall–Kier alpha value is -1.33. The minimum atomic E-state index is 0.314. The molecule has 110 valence electrons. The van der Waals surface area contributed by atoms with Gasteiger partial charge >= 0.3 is 0 Å². The first kappa shape index (κ1) is 15.1. The van der Waals surface area contributed by atoms with Gasteiger partial charge in [0.2, 0.25) is 0 Å². The van der Waals surface area contributed by atoms with Crippen LogP contribution in [0.2, 0.25) is 0 Å². The summed E-state index contributed by atoms with van der Waals surface area (Å²) in [7, 11) is 3.73. The molecule has 0 radical (unpaired) electrons. The number of nitrogens with one attached hydrogen (secondary N) is 1. The number of hydrogen-bond donors (Lipinski definition) is 1. The van der Waals surface area contributed by atoms with Crippen molar-refractivity contribution in [3.05, 3.63) is 33.8 Å². The molecule has 1 N–H and O–H groups in total. The first-order valence-corrected chi connectivity index (χ1v) is 7.93. The molecular formula is C15H23N3OS. The topological polar surface area (TPSA) is 39.1 Å². The Morgan fingerprint density at radius 2 is 2.20 bits per heavy atom. The summed E-state index contributed by atoms with van der Waals surface area (Å²) in [6.07, 6.45) is 1.92. The summed E-state index contributed by atoms with van der Waals surface area (Å²) >= 11 is 1.74. The fraction of sp³-hybridized carbons (Fsp3) is 0.533. The van der Waals surface area contributed by atoms with Crippen LogP contribution in [-0.4, -0.2) is 23.4 Å². The first-order valence-electron chi connectivity index (χ1n) is 7.05. The van der Waals surface area contributed by atoms with E-state index in [9.17, 15) is 0 Å². The minimum Gasteiger partial charge on any atom is -0.496 e. The van der Waals surface area contributed by atoms with Gasteiger partial charge in [0, 0.05) is 35.5 Å². The Kier molecular flexibility index (Phi) is 5.20. The SMILES string of the molecule is CCNC(Cc1cc(CC)nn1C)c1cc(OC)cs1. The summed E-state index contributed by atoms with van der Waals surface area (Å²) in [6, 6.07) is 4.64. The second-order valence-corrected chi connectivity index (χ2v) is 5.75. The second kappa shape index (κ2) is 6.90. The first-order chi connectivity index (χ1) is 9.67. The van der Waals surface area contributed by atoms with Crippen molar-refractivity contribution in [2.24, 2.45) is 7.05 Å². The quantitative estimate of drug-likeness (QED) is 0.853. The van der Waals surface area contributed by atoms with Gasteiger partial charge in [-0.15, -0.1) is 11.3 Å². The summed E-state index contributed by atoms with van der Waals surface area (Å²) in [4.78, 5) is 1.31. The van der Waals surface area contributed by atoms with Crippen LogP contribution in [0.25, 0.3) is 0 Å². The van der Waals surface area contributed by atoms with Crippen LogP contribution in [0.4, 0.5) is 0 Å². The van der Waals surface area contributed by atoms with E-state index in [1.807, 2.05) is 11.7 Å². The van der Waals surface area contributed by atoms with Gasteiger partial charge in [-0.05, 0) is 25.1 Å². The fourth-order valence-corrected chi connectivity index (χ4v) is 3.22. The van der Waals surface area contributed by atoms with Gasteiger partial charge in [-0.2, -0.15) is 5.10 Å². The fourth-order valence-electron chi connectivity index (χ4n) is 2.29. The molecule has 2 heterocycles. The van der Waals surface area contributed by atoms with Gasteiger partial charge in [0.05, 0.1) is 12.8 Å². The molecule has 0 spiro atoms. The minimum absolute atomic E-state index is 0.314. The smallest absolute Gasteiger partial charge is 0.129 e. The number of nitrogens with zero attached hydrogens (tertiary/aromatic N) is 2. The molecular weight excluding hydrogens is 270 g/mol. The van der Waals surface area contributed by atoms with E-state index in [0.29, 0.717) is 6.04 Å². The Morgan fingerprint density at radius 3 is 2.75 bits per heavy atom. The van der Waals surface area contributed by atoms with Gasteiger partial charge in [-0.1, -0.05) is 13.8 Å². The van der Waals surface area contributed by atoms with Crippen LogP contribution < -0.4 is 10.1 Å². The normalized spacial score (nSPS) is 12.6. The maximum absolute atomic E-state index is 5.28. The van der Waals surface area contributed by atoms with Crippen LogP contribution >= 0.6 is 11.3 Å². The molecule has 0 amide bonds. The standard InChI is InChI=1S/C15H23N3OS/c1-5-11-7-12(18(3)17-11)8-14(16-6-2)15-9-13(19-4)10-20-15/h7,9-10,14,16H,5-6,8H2,1-4H3. The third-order valence-electron chi connectivity index (χ3n) is 3.43. The number of likely N-dealkylation sites (N-methyl/N-ethyl adjacent to an activating group) is 1. The lowest BCUT2D eigenvalue weighted by Gasteiger charge is -2.16. The molecule has 1 unspecified atom stereocenters. The average Bonchev–Trinajstić information content (AvgIpc) is 3.05. The zero-order valence-corrected chi connectivity index (χ0v) is 13.5. The van der Waals surface area contributed by atoms with E-state index >= 15 is 0 Å². The van der Waals surface area contributed by atoms with Crippen molar-refractivity contribution in [2.75, 3.05) is 13.7 Å². The highest BCUT2D eigenvalue weighted by Gasteiger charge is 2.16. The number of rotatable bonds is 7. The molecule has 0 aliphatic carbocycles. The molecule has 0 aliphatic rings. The Labute approximate surface area is 124 Å². The molecule has 2 aromatic rings. The van der Waals surface area contributed by atoms with Crippen LogP contribution in [-0.2, 0) is 19.9 Å². The third-order valence-corrected chi connectivity index (χ3v) is 4.45. The molecule has 0 aromatic carbocycles. The molecule has 2 rings (SSSR count). The summed E-state index contributed by atoms with van der Waals surface area (Å²) in [5.41, 5.74) is 2.42. The maximum Gasteiger partial charge on any atom is 0.129 e. The Balaban J connectivity index is 2.17. The van der Waals surface area contributed by atoms with Crippen LogP contribution in [0.5, 0.6) is 5.75 Å². The third kappa shape index (κ3) is 3.41. The van der Waals surface area contributed by atoms with E-state index in [4.69, 9.17) is 4.74 Å². The summed E-state index contributed by atoms with van der Waals surface area (Å²) < 4.78 is 7.28. The van der Waals surface area contributed by atoms with E-state index in [0.717, 1.165) is 30.8 Å². The molecule has 0 bridgehead atoms. The number of thiophene rings is 1. The van der Waals surface area contributed by atoms with Crippen LogP contribution in [0.15, 0.2) is 17.5 Å². The highest BCUT2D eigenvalue weighted by Crippen LogP contribution is 2.29. The predicted molar refractivity (Wildman–Crippen MR) is 83.6 cm³/mol. The van der Waals surface area contributed by atoms with Crippen LogP contribution in [0, 0.1) is 0 Å². The molecule has 0 saturated heterocycles. The Bertz CT molecular complexity index is 547. The van der Waals surface area contributed by atoms with Crippen molar-refractivity contribution in [1.29, 1.82) is 0 Å². The molecule has 5 heteroatoms. The van der Waals surface area contributed by atoms with E-state index in [-0.39, 0.29) is 0 Å². The number of aryl methyl sites for hydroxylation is 2. The lowest BCUT2D eigenvalue weighted by atomic mass is 10.1. The van der Waals surface area contributed by atoms with E-state index in [2.05, 4.69) is 41.8 Å². The van der Waals surface area contributed by atoms with E-state index in [1.165, 1.54) is 10.6 Å². The highest BCUT2D eigenvalue weighted by molar-refractivity contribution is 7.10. The molecule has 4 nitrogen and oxygen atoms in total. The zero-order valence-electron chi connectivity index (χ0n) is 12.6. The molecule has 0 saturated carbocycles. The summed E-state index contributed by atoms with van der Waals surface area (Å²) in [6.45, 7) is 5.22. The summed E-state index contributed by atoms with van der Waals surface area (Å²) in [5, 5.41) is 10.1. The molecule has 1 atom stereocenters. The van der Waals surface area contributed by atoms with Gasteiger partial charge in [0.15, 0.2) is 0 Å². The largest absolute Gasteiger partial charge is 0.496 e. The van der Waals surface area contributed by atoms with Crippen molar-refractivity contribution in [3.8, 4) is 5.75 Å². The number of aromatic nitrogens is 2. The van der Waals surface area contributed by atoms with E-state index < -0.39 is 0 Å². The number of ether oxygens (including phenoxy) is 1. The van der Waals surface area contributed by atoms with Gasteiger partial charge < -0.3 is 10.1 Å². The van der Waals surface area contributed by atoms with Crippen molar-refractivity contribution < 1.29 is 4.74 Å². The van der Waals surface area contributed by atoms with Gasteiger partial charge in [-0.3, -0.25) is 4.68 Å². The second-order valence-electron chi connectivity index (χ2n) is 4.81. The lowest BCUT2D eigenvalue weighted by molar-refractivity contribution is 0.415. The van der Waals surface area contributed by atoms with Crippen LogP contribution in [0.1, 0.15) is 36.2 Å². The van der Waals surface area contributed by atoms with Crippen molar-refractivity contribution in [3.63, 3.8) is 0 Å². The van der Waals surface area contributed by atoms with Crippen molar-refractivity contribution in [2.45, 2.75) is 32.7 Å². The Morgan fingerprint density at radius 1 is 1.40 bits per heavy atom. The number of hydrogen-bond acceptors (Lipinski definition) is 4. The lowest BCUT2D eigenvalue weighted by Crippen LogP contribution is -2.23. The summed E-state index contributed by atoms with van der Waals surface area (Å²) in [5.74, 6) is 0.937. The van der Waals surface area contributed by atoms with Gasteiger partial charge in [0.1, 0.15) is 5.75 Å². The van der Waals surface area contributed by atoms with E-state index in [1.54, 1.807) is 18.4 Å². The molecule has 0 aliphatic heterocycles. The monoisotopic (exact) mass is 293 g/mol. The molecule has 20 heavy (non-hydrogen) atoms.